The van der Waals surface area contributed by atoms with Gasteiger partial charge >= 0.3 is 0 Å². The summed E-state index contributed by atoms with van der Waals surface area (Å²) in [7, 11) is 4.81. The second-order valence-corrected chi connectivity index (χ2v) is 6.79. The number of benzene rings is 2. The monoisotopic (exact) mass is 419 g/mol. The topological polar surface area (TPSA) is 85.1 Å². The molecule has 7 nitrogen and oxygen atoms in total. The van der Waals surface area contributed by atoms with Gasteiger partial charge in [0.05, 0.1) is 26.3 Å². The highest BCUT2D eigenvalue weighted by Gasteiger charge is 2.37. The summed E-state index contributed by atoms with van der Waals surface area (Å²) in [5.41, 5.74) is 7.90. The first kappa shape index (κ1) is 22.4. The van der Waals surface area contributed by atoms with Crippen LogP contribution in [-0.2, 0) is 16.0 Å². The minimum Gasteiger partial charge on any atom is -0.497 e. The summed E-state index contributed by atoms with van der Waals surface area (Å²) in [5, 5.41) is 0. The number of likely N-dealkylation sites (N-methyl/N-ethyl adjacent to an activating group) is 1. The van der Waals surface area contributed by atoms with Crippen molar-refractivity contribution in [3.05, 3.63) is 48.0 Å². The number of carbonyl (C=O) groups is 2. The summed E-state index contributed by atoms with van der Waals surface area (Å²) in [4.78, 5) is 28.8. The zero-order chi connectivity index (χ0) is 20.3. The highest BCUT2D eigenvalue weighted by Crippen LogP contribution is 2.31. The third-order valence-corrected chi connectivity index (χ3v) is 5.02. The number of nitrogens with two attached hydrogens (primary N) is 1. The van der Waals surface area contributed by atoms with Crippen molar-refractivity contribution in [2.24, 2.45) is 0 Å². The largest absolute Gasteiger partial charge is 0.497 e. The lowest BCUT2D eigenvalue weighted by Crippen LogP contribution is -2.43. The fraction of sp³-hybridized carbons (Fsp3) is 0.333. The first-order valence-electron chi connectivity index (χ1n) is 9.07. The second-order valence-electron chi connectivity index (χ2n) is 6.79. The molecule has 0 saturated carbocycles. The Bertz CT molecular complexity index is 850. The quantitative estimate of drug-likeness (QED) is 0.727. The molecule has 0 aliphatic carbocycles. The Balaban J connectivity index is 0.00000300. The summed E-state index contributed by atoms with van der Waals surface area (Å²) in [5.74, 6) is 1.01. The Morgan fingerprint density at radius 2 is 1.72 bits per heavy atom. The molecule has 1 aliphatic heterocycles. The molecule has 1 atom stereocenters. The lowest BCUT2D eigenvalue weighted by molar-refractivity contribution is -0.136. The van der Waals surface area contributed by atoms with Crippen molar-refractivity contribution in [1.29, 1.82) is 0 Å². The van der Waals surface area contributed by atoms with Crippen molar-refractivity contribution in [1.82, 2.24) is 4.90 Å². The molecular weight excluding hydrogens is 394 g/mol. The minimum absolute atomic E-state index is 0. The Morgan fingerprint density at radius 3 is 2.28 bits per heavy atom. The summed E-state index contributed by atoms with van der Waals surface area (Å²) < 4.78 is 10.6. The number of hydrogen-bond donors (Lipinski definition) is 1. The number of methoxy groups -OCH3 is 2. The molecule has 2 aromatic carbocycles. The molecule has 2 amide bonds. The van der Waals surface area contributed by atoms with Crippen LogP contribution in [0.5, 0.6) is 11.5 Å². The van der Waals surface area contributed by atoms with Gasteiger partial charge in [-0.2, -0.15) is 0 Å². The summed E-state index contributed by atoms with van der Waals surface area (Å²) in [6.07, 6.45) is 0.801. The van der Waals surface area contributed by atoms with Crippen LogP contribution in [0.2, 0.25) is 0 Å². The van der Waals surface area contributed by atoms with Gasteiger partial charge in [-0.25, -0.2) is 0 Å². The first-order chi connectivity index (χ1) is 13.4. The molecule has 29 heavy (non-hydrogen) atoms. The molecule has 3 rings (SSSR count). The molecule has 8 heteroatoms. The minimum atomic E-state index is -0.488. The summed E-state index contributed by atoms with van der Waals surface area (Å²) in [6, 6.07) is 12.0. The number of rotatable bonds is 6. The number of nitrogen functional groups attached to an aromatic ring is 1. The van der Waals surface area contributed by atoms with Crippen LogP contribution in [-0.4, -0.2) is 50.6 Å². The zero-order valence-electron chi connectivity index (χ0n) is 16.8. The normalized spacial score (nSPS) is 15.6. The van der Waals surface area contributed by atoms with Crippen LogP contribution in [0.1, 0.15) is 12.0 Å². The second kappa shape index (κ2) is 9.52. The lowest BCUT2D eigenvalue weighted by Gasteiger charge is -2.24. The molecule has 1 unspecified atom stereocenters. The maximum absolute atomic E-state index is 13.0. The van der Waals surface area contributed by atoms with Gasteiger partial charge in [0.1, 0.15) is 17.5 Å². The van der Waals surface area contributed by atoms with E-state index in [9.17, 15) is 9.59 Å². The average Bonchev–Trinajstić information content (AvgIpc) is 3.09. The van der Waals surface area contributed by atoms with E-state index in [1.54, 1.807) is 56.5 Å². The van der Waals surface area contributed by atoms with Crippen molar-refractivity contribution < 1.29 is 19.1 Å². The molecule has 1 saturated heterocycles. The fourth-order valence-corrected chi connectivity index (χ4v) is 3.34. The van der Waals surface area contributed by atoms with E-state index in [2.05, 4.69) is 0 Å². The number of hydrogen-bond acceptors (Lipinski definition) is 5. The van der Waals surface area contributed by atoms with Crippen molar-refractivity contribution in [2.75, 3.05) is 38.4 Å². The zero-order valence-corrected chi connectivity index (χ0v) is 17.6. The summed E-state index contributed by atoms with van der Waals surface area (Å²) in [6.45, 7) is 0.527. The van der Waals surface area contributed by atoms with Gasteiger partial charge in [-0.15, -0.1) is 12.4 Å². The number of halogens is 1. The Kier molecular flexibility index (Phi) is 7.34. The summed E-state index contributed by atoms with van der Waals surface area (Å²) >= 11 is 0. The van der Waals surface area contributed by atoms with Crippen LogP contribution in [0.3, 0.4) is 0 Å². The van der Waals surface area contributed by atoms with E-state index in [1.807, 2.05) is 12.1 Å². The molecule has 2 aromatic rings. The fourth-order valence-electron chi connectivity index (χ4n) is 3.34. The van der Waals surface area contributed by atoms with Crippen LogP contribution in [0.25, 0.3) is 0 Å². The van der Waals surface area contributed by atoms with Gasteiger partial charge in [-0.3, -0.25) is 9.59 Å². The average molecular weight is 420 g/mol. The third-order valence-electron chi connectivity index (χ3n) is 5.02. The Labute approximate surface area is 176 Å². The van der Waals surface area contributed by atoms with Gasteiger partial charge in [0.2, 0.25) is 11.8 Å². The van der Waals surface area contributed by atoms with Gasteiger partial charge in [0.15, 0.2) is 0 Å². The standard InChI is InChI=1S/C21H25N3O4.ClH/c1-23(20(25)10-14-4-6-15(22)7-5-14)19-8-9-24(21(19)26)16-11-17(27-2)13-18(12-16)28-3;/h4-7,11-13,19H,8-10,22H2,1-3H3;1H. The molecule has 0 spiro atoms. The molecule has 156 valence electrons. The van der Waals surface area contributed by atoms with Crippen LogP contribution in [0.15, 0.2) is 42.5 Å². The molecule has 2 N–H and O–H groups in total. The number of carbonyl (C=O) groups excluding carboxylic acids is 2. The highest BCUT2D eigenvalue weighted by molar-refractivity contribution is 6.01. The van der Waals surface area contributed by atoms with Crippen molar-refractivity contribution in [3.63, 3.8) is 0 Å². The van der Waals surface area contributed by atoms with E-state index in [0.29, 0.717) is 35.8 Å². The number of amides is 2. The molecule has 0 radical (unpaired) electrons. The molecule has 1 aliphatic rings. The predicted octanol–water partition coefficient (Wildman–Crippen LogP) is 2.51. The van der Waals surface area contributed by atoms with E-state index >= 15 is 0 Å². The maximum atomic E-state index is 13.0. The van der Waals surface area contributed by atoms with E-state index < -0.39 is 6.04 Å². The third kappa shape index (κ3) is 4.92. The molecular formula is C21H26ClN3O4. The Hall–Kier alpha value is -2.93. The smallest absolute Gasteiger partial charge is 0.249 e. The SMILES string of the molecule is COc1cc(OC)cc(N2CCC(N(C)C(=O)Cc3ccc(N)cc3)C2=O)c1.Cl. The number of nitrogens with zero attached hydrogens (tertiary/aromatic N) is 2. The highest BCUT2D eigenvalue weighted by atomic mass is 35.5. The van der Waals surface area contributed by atoms with Crippen LogP contribution in [0, 0.1) is 0 Å². The van der Waals surface area contributed by atoms with Crippen molar-refractivity contribution >= 4 is 35.6 Å². The molecule has 0 bridgehead atoms. The first-order valence-corrected chi connectivity index (χ1v) is 9.07. The predicted molar refractivity (Wildman–Crippen MR) is 115 cm³/mol. The van der Waals surface area contributed by atoms with Gasteiger partial charge in [-0.1, -0.05) is 12.1 Å². The van der Waals surface area contributed by atoms with Gasteiger partial charge < -0.3 is 25.0 Å². The molecule has 1 heterocycles. The number of anilines is 2. The van der Waals surface area contributed by atoms with Gasteiger partial charge in [-0.05, 0) is 24.1 Å². The van der Waals surface area contributed by atoms with Crippen molar-refractivity contribution in [3.8, 4) is 11.5 Å². The van der Waals surface area contributed by atoms with Gasteiger partial charge in [0.25, 0.3) is 0 Å². The van der Waals surface area contributed by atoms with Crippen LogP contribution < -0.4 is 20.1 Å². The van der Waals surface area contributed by atoms with Gasteiger partial charge in [0, 0.05) is 37.5 Å². The van der Waals surface area contributed by atoms with Crippen LogP contribution >= 0.6 is 12.4 Å². The number of ether oxygens (including phenoxy) is 2. The lowest BCUT2D eigenvalue weighted by atomic mass is 10.1. The van der Waals surface area contributed by atoms with E-state index in [1.165, 1.54) is 4.90 Å². The molecule has 1 fully saturated rings. The van der Waals surface area contributed by atoms with E-state index in [4.69, 9.17) is 15.2 Å². The Morgan fingerprint density at radius 1 is 1.14 bits per heavy atom. The molecule has 0 aromatic heterocycles. The van der Waals surface area contributed by atoms with Crippen molar-refractivity contribution in [2.45, 2.75) is 18.9 Å². The maximum Gasteiger partial charge on any atom is 0.249 e. The van der Waals surface area contributed by atoms with Crippen LogP contribution in [0.4, 0.5) is 11.4 Å². The van der Waals surface area contributed by atoms with E-state index in [-0.39, 0.29) is 30.6 Å². The van der Waals surface area contributed by atoms with E-state index in [0.717, 1.165) is 5.56 Å².